The molecule has 0 aliphatic carbocycles. The number of hydrogen-bond donors (Lipinski definition) is 1. The first-order valence-corrected chi connectivity index (χ1v) is 7.08. The molecule has 0 fully saturated rings. The Labute approximate surface area is 114 Å². The maximum absolute atomic E-state index is 5.66. The fourth-order valence-corrected chi connectivity index (χ4v) is 2.66. The molecule has 1 heterocycles. The second kappa shape index (κ2) is 6.19. The molecule has 1 aromatic carbocycles. The molecule has 17 heavy (non-hydrogen) atoms. The maximum Gasteiger partial charge on any atom is 0.0579 e. The van der Waals surface area contributed by atoms with Gasteiger partial charge in [0.1, 0.15) is 0 Å². The van der Waals surface area contributed by atoms with E-state index in [9.17, 15) is 0 Å². The summed E-state index contributed by atoms with van der Waals surface area (Å²) in [5, 5.41) is 0. The van der Waals surface area contributed by atoms with E-state index in [0.29, 0.717) is 6.54 Å². The van der Waals surface area contributed by atoms with E-state index in [0.717, 1.165) is 15.9 Å². The minimum atomic E-state index is 0.497. The number of aromatic nitrogens is 1. The van der Waals surface area contributed by atoms with Gasteiger partial charge in [0.05, 0.1) is 5.69 Å². The monoisotopic (exact) mass is 308 g/mol. The van der Waals surface area contributed by atoms with Crippen molar-refractivity contribution >= 4 is 27.7 Å². The molecule has 2 nitrogen and oxygen atoms in total. The highest BCUT2D eigenvalue weighted by Gasteiger charge is 2.02. The molecule has 0 atom stereocenters. The molecule has 0 bridgehead atoms. The lowest BCUT2D eigenvalue weighted by atomic mass is 10.2. The Morgan fingerprint density at radius 3 is 2.65 bits per heavy atom. The van der Waals surface area contributed by atoms with E-state index < -0.39 is 0 Å². The number of nitrogens with two attached hydrogens (primary N) is 1. The standard InChI is InChI=1S/C13H13BrN2S/c14-11-3-5-12(6-4-11)17-9-10-2-1-7-16-13(10)8-15/h1-7H,8-9,15H2. The number of rotatable bonds is 4. The van der Waals surface area contributed by atoms with Crippen molar-refractivity contribution in [2.24, 2.45) is 5.73 Å². The molecule has 0 aliphatic heterocycles. The highest BCUT2D eigenvalue weighted by atomic mass is 79.9. The first-order valence-electron chi connectivity index (χ1n) is 5.31. The summed E-state index contributed by atoms with van der Waals surface area (Å²) >= 11 is 5.22. The van der Waals surface area contributed by atoms with E-state index >= 15 is 0 Å². The van der Waals surface area contributed by atoms with Gasteiger partial charge < -0.3 is 5.73 Å². The van der Waals surface area contributed by atoms with Crippen LogP contribution in [0.4, 0.5) is 0 Å². The predicted molar refractivity (Wildman–Crippen MR) is 75.8 cm³/mol. The molecule has 2 rings (SSSR count). The third kappa shape index (κ3) is 3.56. The molecule has 1 aromatic heterocycles. The Hall–Kier alpha value is -0.840. The molecule has 88 valence electrons. The van der Waals surface area contributed by atoms with Crippen LogP contribution in [-0.2, 0) is 12.3 Å². The van der Waals surface area contributed by atoms with Crippen molar-refractivity contribution in [3.05, 3.63) is 58.3 Å². The Kier molecular flexibility index (Phi) is 4.59. The third-order valence-corrected chi connectivity index (χ3v) is 3.98. The van der Waals surface area contributed by atoms with Gasteiger partial charge in [0, 0.05) is 27.9 Å². The van der Waals surface area contributed by atoms with E-state index in [1.807, 2.05) is 6.07 Å². The van der Waals surface area contributed by atoms with E-state index in [1.165, 1.54) is 10.5 Å². The molecule has 0 unspecified atom stereocenters. The highest BCUT2D eigenvalue weighted by Crippen LogP contribution is 2.25. The van der Waals surface area contributed by atoms with Crippen molar-refractivity contribution in [3.8, 4) is 0 Å². The molecule has 2 aromatic rings. The summed E-state index contributed by atoms with van der Waals surface area (Å²) in [6, 6.07) is 12.4. The largest absolute Gasteiger partial charge is 0.325 e. The van der Waals surface area contributed by atoms with E-state index in [4.69, 9.17) is 5.73 Å². The minimum Gasteiger partial charge on any atom is -0.325 e. The zero-order valence-corrected chi connectivity index (χ0v) is 11.7. The van der Waals surface area contributed by atoms with Crippen molar-refractivity contribution < 1.29 is 0 Å². The van der Waals surface area contributed by atoms with E-state index in [2.05, 4.69) is 51.2 Å². The summed E-state index contributed by atoms with van der Waals surface area (Å²) in [6.45, 7) is 0.497. The zero-order chi connectivity index (χ0) is 12.1. The van der Waals surface area contributed by atoms with Gasteiger partial charge in [-0.15, -0.1) is 11.8 Å². The Bertz CT molecular complexity index is 485. The van der Waals surface area contributed by atoms with Crippen LogP contribution in [0.5, 0.6) is 0 Å². The summed E-state index contributed by atoms with van der Waals surface area (Å²) < 4.78 is 1.10. The lowest BCUT2D eigenvalue weighted by Crippen LogP contribution is -2.03. The van der Waals surface area contributed by atoms with Gasteiger partial charge in [-0.05, 0) is 35.9 Å². The van der Waals surface area contributed by atoms with Gasteiger partial charge in [-0.2, -0.15) is 0 Å². The van der Waals surface area contributed by atoms with Crippen LogP contribution >= 0.6 is 27.7 Å². The average Bonchev–Trinajstić information content (AvgIpc) is 2.38. The van der Waals surface area contributed by atoms with Crippen molar-refractivity contribution in [3.63, 3.8) is 0 Å². The number of nitrogens with zero attached hydrogens (tertiary/aromatic N) is 1. The Morgan fingerprint density at radius 1 is 1.18 bits per heavy atom. The topological polar surface area (TPSA) is 38.9 Å². The number of pyridine rings is 1. The van der Waals surface area contributed by atoms with Crippen LogP contribution in [0.25, 0.3) is 0 Å². The number of hydrogen-bond acceptors (Lipinski definition) is 3. The van der Waals surface area contributed by atoms with Crippen LogP contribution in [0.15, 0.2) is 52.0 Å². The van der Waals surface area contributed by atoms with Crippen LogP contribution in [0.2, 0.25) is 0 Å². The molecule has 0 aliphatic rings. The van der Waals surface area contributed by atoms with Crippen LogP contribution < -0.4 is 5.73 Å². The Balaban J connectivity index is 2.04. The van der Waals surface area contributed by atoms with Crippen LogP contribution in [0.1, 0.15) is 11.3 Å². The van der Waals surface area contributed by atoms with Gasteiger partial charge in [0.2, 0.25) is 0 Å². The van der Waals surface area contributed by atoms with E-state index in [-0.39, 0.29) is 0 Å². The molecule has 0 radical (unpaired) electrons. The average molecular weight is 309 g/mol. The quantitative estimate of drug-likeness (QED) is 0.877. The lowest BCUT2D eigenvalue weighted by Gasteiger charge is -2.06. The molecular weight excluding hydrogens is 296 g/mol. The fourth-order valence-electron chi connectivity index (χ4n) is 1.48. The fraction of sp³-hybridized carbons (Fsp3) is 0.154. The summed E-state index contributed by atoms with van der Waals surface area (Å²) in [6.07, 6.45) is 1.79. The lowest BCUT2D eigenvalue weighted by molar-refractivity contribution is 0.964. The number of benzene rings is 1. The van der Waals surface area contributed by atoms with Crippen molar-refractivity contribution in [2.75, 3.05) is 0 Å². The first-order chi connectivity index (χ1) is 8.29. The normalized spacial score (nSPS) is 10.5. The summed E-state index contributed by atoms with van der Waals surface area (Å²) in [5.74, 6) is 0.905. The van der Waals surface area contributed by atoms with Crippen molar-refractivity contribution in [1.82, 2.24) is 4.98 Å². The molecule has 4 heteroatoms. The predicted octanol–water partition coefficient (Wildman–Crippen LogP) is 3.60. The second-order valence-corrected chi connectivity index (χ2v) is 5.52. The van der Waals surface area contributed by atoms with Crippen LogP contribution in [-0.4, -0.2) is 4.98 Å². The SMILES string of the molecule is NCc1ncccc1CSc1ccc(Br)cc1. The molecule has 0 saturated heterocycles. The summed E-state index contributed by atoms with van der Waals surface area (Å²) in [7, 11) is 0. The third-order valence-electron chi connectivity index (χ3n) is 2.39. The van der Waals surface area contributed by atoms with Gasteiger partial charge in [-0.25, -0.2) is 0 Å². The molecule has 2 N–H and O–H groups in total. The first kappa shape index (κ1) is 12.6. The molecule has 0 saturated carbocycles. The minimum absolute atomic E-state index is 0.497. The number of thioether (sulfide) groups is 1. The van der Waals surface area contributed by atoms with Crippen molar-refractivity contribution in [1.29, 1.82) is 0 Å². The maximum atomic E-state index is 5.66. The van der Waals surface area contributed by atoms with Gasteiger partial charge >= 0.3 is 0 Å². The van der Waals surface area contributed by atoms with Gasteiger partial charge in [-0.3, -0.25) is 4.98 Å². The summed E-state index contributed by atoms with van der Waals surface area (Å²) in [4.78, 5) is 5.53. The van der Waals surface area contributed by atoms with Gasteiger partial charge in [-0.1, -0.05) is 22.0 Å². The Morgan fingerprint density at radius 2 is 1.94 bits per heavy atom. The molecular formula is C13H13BrN2S. The van der Waals surface area contributed by atoms with Gasteiger partial charge in [0.15, 0.2) is 0 Å². The smallest absolute Gasteiger partial charge is 0.0579 e. The van der Waals surface area contributed by atoms with E-state index in [1.54, 1.807) is 18.0 Å². The van der Waals surface area contributed by atoms with Crippen LogP contribution in [0.3, 0.4) is 0 Å². The van der Waals surface area contributed by atoms with Crippen molar-refractivity contribution in [2.45, 2.75) is 17.2 Å². The van der Waals surface area contributed by atoms with Crippen LogP contribution in [0, 0.1) is 0 Å². The molecule has 0 spiro atoms. The molecule has 0 amide bonds. The van der Waals surface area contributed by atoms with Gasteiger partial charge in [0.25, 0.3) is 0 Å². The highest BCUT2D eigenvalue weighted by molar-refractivity contribution is 9.10. The second-order valence-electron chi connectivity index (χ2n) is 3.56. The number of halogens is 1. The summed E-state index contributed by atoms with van der Waals surface area (Å²) in [5.41, 5.74) is 7.86. The zero-order valence-electron chi connectivity index (χ0n) is 9.27.